The molecule has 5 heteroatoms. The molecule has 1 heterocycles. The van der Waals surface area contributed by atoms with E-state index in [1.807, 2.05) is 19.9 Å². The van der Waals surface area contributed by atoms with Gasteiger partial charge in [0.2, 0.25) is 0 Å². The van der Waals surface area contributed by atoms with Crippen molar-refractivity contribution in [3.8, 4) is 0 Å². The SMILES string of the molecule is CCc1nc(Cl)c2c(C)c(Cl)cc(I)c2n1. The van der Waals surface area contributed by atoms with E-state index in [9.17, 15) is 0 Å². The number of fused-ring (bicyclic) bond motifs is 1. The first-order valence-electron chi connectivity index (χ1n) is 4.85. The molecule has 0 saturated heterocycles. The molecule has 0 fully saturated rings. The van der Waals surface area contributed by atoms with E-state index in [0.29, 0.717) is 10.2 Å². The molecule has 0 radical (unpaired) electrons. The fourth-order valence-electron chi connectivity index (χ4n) is 1.55. The van der Waals surface area contributed by atoms with Crippen molar-refractivity contribution in [1.82, 2.24) is 9.97 Å². The van der Waals surface area contributed by atoms with Crippen molar-refractivity contribution in [2.45, 2.75) is 20.3 Å². The highest BCUT2D eigenvalue weighted by molar-refractivity contribution is 14.1. The maximum atomic E-state index is 6.18. The predicted molar refractivity (Wildman–Crippen MR) is 76.4 cm³/mol. The van der Waals surface area contributed by atoms with Crippen LogP contribution in [0.3, 0.4) is 0 Å². The van der Waals surface area contributed by atoms with Crippen molar-refractivity contribution in [3.05, 3.63) is 31.2 Å². The molecular formula is C11H9Cl2IN2. The van der Waals surface area contributed by atoms with Crippen LogP contribution in [0.25, 0.3) is 10.9 Å². The van der Waals surface area contributed by atoms with E-state index in [1.54, 1.807) is 0 Å². The first-order valence-corrected chi connectivity index (χ1v) is 6.68. The molecule has 0 unspecified atom stereocenters. The summed E-state index contributed by atoms with van der Waals surface area (Å²) in [5.74, 6) is 0.761. The van der Waals surface area contributed by atoms with Gasteiger partial charge in [-0.25, -0.2) is 9.97 Å². The van der Waals surface area contributed by atoms with Crippen LogP contribution in [0.5, 0.6) is 0 Å². The molecule has 0 saturated carbocycles. The molecule has 2 aromatic rings. The number of hydrogen-bond donors (Lipinski definition) is 0. The third kappa shape index (κ3) is 2.00. The number of rotatable bonds is 1. The van der Waals surface area contributed by atoms with Gasteiger partial charge in [0.05, 0.1) is 5.52 Å². The highest BCUT2D eigenvalue weighted by Crippen LogP contribution is 2.32. The summed E-state index contributed by atoms with van der Waals surface area (Å²) < 4.78 is 1.00. The lowest BCUT2D eigenvalue weighted by Gasteiger charge is -2.09. The highest BCUT2D eigenvalue weighted by atomic mass is 127. The number of aromatic nitrogens is 2. The predicted octanol–water partition coefficient (Wildman–Crippen LogP) is 4.41. The Morgan fingerprint density at radius 2 is 2.00 bits per heavy atom. The van der Waals surface area contributed by atoms with Crippen molar-refractivity contribution in [2.24, 2.45) is 0 Å². The smallest absolute Gasteiger partial charge is 0.140 e. The third-order valence-electron chi connectivity index (χ3n) is 2.44. The van der Waals surface area contributed by atoms with Gasteiger partial charge in [-0.15, -0.1) is 0 Å². The van der Waals surface area contributed by atoms with Gasteiger partial charge in [-0.3, -0.25) is 0 Å². The van der Waals surface area contributed by atoms with E-state index in [4.69, 9.17) is 23.2 Å². The molecular weight excluding hydrogens is 358 g/mol. The summed E-state index contributed by atoms with van der Waals surface area (Å²) in [6, 6.07) is 1.91. The van der Waals surface area contributed by atoms with Gasteiger partial charge in [0, 0.05) is 20.4 Å². The Labute approximate surface area is 118 Å². The maximum absolute atomic E-state index is 6.18. The monoisotopic (exact) mass is 366 g/mol. The summed E-state index contributed by atoms with van der Waals surface area (Å²) in [5, 5.41) is 2.04. The van der Waals surface area contributed by atoms with Crippen LogP contribution in [0.1, 0.15) is 18.3 Å². The molecule has 2 nitrogen and oxygen atoms in total. The maximum Gasteiger partial charge on any atom is 0.140 e. The van der Waals surface area contributed by atoms with E-state index in [-0.39, 0.29) is 0 Å². The van der Waals surface area contributed by atoms with Crippen LogP contribution in [0.4, 0.5) is 0 Å². The lowest BCUT2D eigenvalue weighted by Crippen LogP contribution is -1.98. The molecule has 2 rings (SSSR count). The van der Waals surface area contributed by atoms with Crippen LogP contribution in [0, 0.1) is 10.5 Å². The summed E-state index contributed by atoms with van der Waals surface area (Å²) in [6.07, 6.45) is 0.771. The summed E-state index contributed by atoms with van der Waals surface area (Å²) in [5.41, 5.74) is 1.82. The molecule has 0 bridgehead atoms. The number of benzene rings is 1. The van der Waals surface area contributed by atoms with E-state index < -0.39 is 0 Å². The van der Waals surface area contributed by atoms with Crippen LogP contribution < -0.4 is 0 Å². The number of aryl methyl sites for hydroxylation is 2. The van der Waals surface area contributed by atoms with Crippen LogP contribution in [0.15, 0.2) is 6.07 Å². The first kappa shape index (κ1) is 12.3. The van der Waals surface area contributed by atoms with Gasteiger partial charge < -0.3 is 0 Å². The topological polar surface area (TPSA) is 25.8 Å². The standard InChI is InChI=1S/C11H9Cl2IN2/c1-3-8-15-10-7(14)4-6(12)5(2)9(10)11(13)16-8/h4H,3H2,1-2H3. The fourth-order valence-corrected chi connectivity index (χ4v) is 2.97. The van der Waals surface area contributed by atoms with Gasteiger partial charge in [0.25, 0.3) is 0 Å². The minimum absolute atomic E-state index is 0.486. The van der Waals surface area contributed by atoms with E-state index in [1.165, 1.54) is 0 Å². The average molecular weight is 367 g/mol. The first-order chi connectivity index (χ1) is 7.54. The minimum Gasteiger partial charge on any atom is -0.232 e. The van der Waals surface area contributed by atoms with Gasteiger partial charge in [0.15, 0.2) is 0 Å². The zero-order chi connectivity index (χ0) is 11.9. The van der Waals surface area contributed by atoms with E-state index >= 15 is 0 Å². The zero-order valence-corrected chi connectivity index (χ0v) is 12.5. The second kappa shape index (κ2) is 4.63. The Bertz CT molecular complexity index is 570. The van der Waals surface area contributed by atoms with Crippen molar-refractivity contribution < 1.29 is 0 Å². The van der Waals surface area contributed by atoms with Gasteiger partial charge >= 0.3 is 0 Å². The number of hydrogen-bond acceptors (Lipinski definition) is 2. The van der Waals surface area contributed by atoms with Crippen molar-refractivity contribution in [1.29, 1.82) is 0 Å². The molecule has 0 aliphatic carbocycles. The van der Waals surface area contributed by atoms with Gasteiger partial charge in [-0.05, 0) is 41.1 Å². The molecule has 84 valence electrons. The third-order valence-corrected chi connectivity index (χ3v) is 3.93. The lowest BCUT2D eigenvalue weighted by molar-refractivity contribution is 0.959. The molecule has 0 atom stereocenters. The van der Waals surface area contributed by atoms with Crippen molar-refractivity contribution >= 4 is 56.7 Å². The molecule has 16 heavy (non-hydrogen) atoms. The summed E-state index contributed by atoms with van der Waals surface area (Å²) >= 11 is 14.5. The summed E-state index contributed by atoms with van der Waals surface area (Å²) in [7, 11) is 0. The van der Waals surface area contributed by atoms with Crippen molar-refractivity contribution in [2.75, 3.05) is 0 Å². The Balaban J connectivity index is 2.94. The molecule has 0 spiro atoms. The van der Waals surface area contributed by atoms with E-state index in [2.05, 4.69) is 32.6 Å². The Hall–Kier alpha value is -0.130. The van der Waals surface area contributed by atoms with Crippen molar-refractivity contribution in [3.63, 3.8) is 0 Å². The van der Waals surface area contributed by atoms with Crippen LogP contribution in [-0.4, -0.2) is 9.97 Å². The van der Waals surface area contributed by atoms with Gasteiger partial charge in [-0.1, -0.05) is 30.1 Å². The van der Waals surface area contributed by atoms with Gasteiger partial charge in [0.1, 0.15) is 11.0 Å². The lowest BCUT2D eigenvalue weighted by atomic mass is 10.1. The molecule has 0 amide bonds. The van der Waals surface area contributed by atoms with Gasteiger partial charge in [-0.2, -0.15) is 0 Å². The second-order valence-electron chi connectivity index (χ2n) is 3.47. The zero-order valence-electron chi connectivity index (χ0n) is 8.81. The van der Waals surface area contributed by atoms with Crippen LogP contribution in [0.2, 0.25) is 10.2 Å². The number of halogens is 3. The molecule has 0 aliphatic heterocycles. The van der Waals surface area contributed by atoms with E-state index in [0.717, 1.165) is 32.3 Å². The second-order valence-corrected chi connectivity index (χ2v) is 5.40. The Morgan fingerprint density at radius 1 is 1.31 bits per heavy atom. The fraction of sp³-hybridized carbons (Fsp3) is 0.273. The summed E-state index contributed by atoms with van der Waals surface area (Å²) in [6.45, 7) is 3.94. The average Bonchev–Trinajstić information content (AvgIpc) is 2.25. The van der Waals surface area contributed by atoms with Crippen LogP contribution in [-0.2, 0) is 6.42 Å². The normalized spacial score (nSPS) is 11.1. The number of nitrogens with zero attached hydrogens (tertiary/aromatic N) is 2. The Kier molecular flexibility index (Phi) is 3.56. The highest BCUT2D eigenvalue weighted by Gasteiger charge is 2.13. The molecule has 0 aliphatic rings. The quantitative estimate of drug-likeness (QED) is 0.551. The Morgan fingerprint density at radius 3 is 2.62 bits per heavy atom. The molecule has 1 aromatic heterocycles. The summed E-state index contributed by atoms with van der Waals surface area (Å²) in [4.78, 5) is 8.75. The molecule has 0 N–H and O–H groups in total. The van der Waals surface area contributed by atoms with Crippen LogP contribution >= 0.6 is 45.8 Å². The minimum atomic E-state index is 0.486. The largest absolute Gasteiger partial charge is 0.232 e. The molecule has 1 aromatic carbocycles.